The molecular weight excluding hydrogens is 157 g/mol. The number of rotatable bonds is 1. The standard InChI is InChI=1S/C6H5Cl2N/c7-6(8)5-3-1-2-4-9-5/h1-4,6H. The fourth-order valence-electron chi connectivity index (χ4n) is 0.505. The highest BCUT2D eigenvalue weighted by Crippen LogP contribution is 2.21. The zero-order valence-corrected chi connectivity index (χ0v) is 6.10. The summed E-state index contributed by atoms with van der Waals surface area (Å²) in [7, 11) is 0. The number of hydrogen-bond acceptors (Lipinski definition) is 1. The van der Waals surface area contributed by atoms with Crippen molar-refractivity contribution in [2.24, 2.45) is 0 Å². The van der Waals surface area contributed by atoms with Crippen molar-refractivity contribution in [1.29, 1.82) is 0 Å². The monoisotopic (exact) mass is 161 g/mol. The van der Waals surface area contributed by atoms with Gasteiger partial charge in [-0.25, -0.2) is 0 Å². The van der Waals surface area contributed by atoms with E-state index in [-0.39, 0.29) is 0 Å². The third kappa shape index (κ3) is 1.84. The normalized spacial score (nSPS) is 10.1. The number of aromatic nitrogens is 1. The third-order valence-corrected chi connectivity index (χ3v) is 1.36. The van der Waals surface area contributed by atoms with Crippen molar-refractivity contribution in [3.63, 3.8) is 0 Å². The molecule has 0 unspecified atom stereocenters. The number of nitrogens with zero attached hydrogens (tertiary/aromatic N) is 1. The van der Waals surface area contributed by atoms with E-state index >= 15 is 0 Å². The first-order chi connectivity index (χ1) is 4.30. The van der Waals surface area contributed by atoms with Crippen molar-refractivity contribution < 1.29 is 0 Å². The number of hydrogen-bond donors (Lipinski definition) is 0. The molecule has 0 saturated carbocycles. The van der Waals surface area contributed by atoms with Gasteiger partial charge in [0.2, 0.25) is 0 Å². The fraction of sp³-hybridized carbons (Fsp3) is 0.167. The largest absolute Gasteiger partial charge is 0.258 e. The van der Waals surface area contributed by atoms with Crippen LogP contribution in [0.1, 0.15) is 10.5 Å². The summed E-state index contributed by atoms with van der Waals surface area (Å²) < 4.78 is 0. The van der Waals surface area contributed by atoms with E-state index in [9.17, 15) is 0 Å². The SMILES string of the molecule is ClC(Cl)c1ccccn1. The molecular formula is C6H5Cl2N. The van der Waals surface area contributed by atoms with Crippen molar-refractivity contribution in [3.05, 3.63) is 30.1 Å². The van der Waals surface area contributed by atoms with Crippen LogP contribution in [0.4, 0.5) is 0 Å². The number of halogens is 2. The van der Waals surface area contributed by atoms with Crippen molar-refractivity contribution in [2.45, 2.75) is 4.84 Å². The van der Waals surface area contributed by atoms with E-state index in [1.54, 1.807) is 12.3 Å². The fourth-order valence-corrected chi connectivity index (χ4v) is 0.763. The summed E-state index contributed by atoms with van der Waals surface area (Å²) in [5, 5.41) is 0. The molecule has 1 heterocycles. The van der Waals surface area contributed by atoms with Crippen LogP contribution in [0.3, 0.4) is 0 Å². The maximum absolute atomic E-state index is 5.51. The molecule has 0 aliphatic heterocycles. The second-order valence-electron chi connectivity index (χ2n) is 1.56. The molecule has 9 heavy (non-hydrogen) atoms. The molecule has 1 nitrogen and oxygen atoms in total. The molecule has 0 radical (unpaired) electrons. The smallest absolute Gasteiger partial charge is 0.149 e. The summed E-state index contributed by atoms with van der Waals surface area (Å²) >= 11 is 11.0. The molecule has 0 amide bonds. The Labute approximate surface area is 63.6 Å². The van der Waals surface area contributed by atoms with Gasteiger partial charge in [0.1, 0.15) is 4.84 Å². The van der Waals surface area contributed by atoms with Crippen LogP contribution in [-0.2, 0) is 0 Å². The van der Waals surface area contributed by atoms with E-state index in [1.165, 1.54) is 0 Å². The lowest BCUT2D eigenvalue weighted by molar-refractivity contribution is 1.15. The van der Waals surface area contributed by atoms with Crippen molar-refractivity contribution in [1.82, 2.24) is 4.98 Å². The molecule has 0 aliphatic rings. The Bertz CT molecular complexity index is 174. The Morgan fingerprint density at radius 3 is 2.44 bits per heavy atom. The third-order valence-electron chi connectivity index (χ3n) is 0.911. The quantitative estimate of drug-likeness (QED) is 0.578. The van der Waals surface area contributed by atoms with Crippen LogP contribution in [0.15, 0.2) is 24.4 Å². The minimum Gasteiger partial charge on any atom is -0.258 e. The van der Waals surface area contributed by atoms with Crippen LogP contribution in [0.25, 0.3) is 0 Å². The molecule has 0 aliphatic carbocycles. The van der Waals surface area contributed by atoms with Gasteiger partial charge >= 0.3 is 0 Å². The zero-order valence-electron chi connectivity index (χ0n) is 4.59. The Kier molecular flexibility index (Phi) is 2.31. The Morgan fingerprint density at radius 2 is 2.11 bits per heavy atom. The van der Waals surface area contributed by atoms with E-state index in [2.05, 4.69) is 4.98 Å². The van der Waals surface area contributed by atoms with Crippen molar-refractivity contribution >= 4 is 23.2 Å². The highest BCUT2D eigenvalue weighted by Gasteiger charge is 2.00. The zero-order chi connectivity index (χ0) is 6.69. The molecule has 0 spiro atoms. The number of pyridine rings is 1. The molecule has 48 valence electrons. The van der Waals surface area contributed by atoms with Gasteiger partial charge < -0.3 is 0 Å². The van der Waals surface area contributed by atoms with Gasteiger partial charge in [-0.3, -0.25) is 4.98 Å². The average Bonchev–Trinajstić information content (AvgIpc) is 1.90. The first-order valence-corrected chi connectivity index (χ1v) is 3.37. The van der Waals surface area contributed by atoms with Crippen LogP contribution in [0, 0.1) is 0 Å². The lowest BCUT2D eigenvalue weighted by atomic mass is 10.4. The van der Waals surface area contributed by atoms with Crippen molar-refractivity contribution in [3.8, 4) is 0 Å². The van der Waals surface area contributed by atoms with Crippen LogP contribution < -0.4 is 0 Å². The van der Waals surface area contributed by atoms with E-state index in [1.807, 2.05) is 12.1 Å². The minimum absolute atomic E-state index is 0.508. The van der Waals surface area contributed by atoms with Crippen LogP contribution in [0.5, 0.6) is 0 Å². The molecule has 1 aromatic rings. The summed E-state index contributed by atoms with van der Waals surface area (Å²) in [5.41, 5.74) is 0.695. The van der Waals surface area contributed by atoms with E-state index < -0.39 is 4.84 Å². The summed E-state index contributed by atoms with van der Waals surface area (Å²) in [4.78, 5) is 3.41. The molecule has 3 heteroatoms. The first kappa shape index (κ1) is 6.84. The topological polar surface area (TPSA) is 12.9 Å². The Morgan fingerprint density at radius 1 is 1.33 bits per heavy atom. The molecule has 1 aromatic heterocycles. The molecule has 0 fully saturated rings. The van der Waals surface area contributed by atoms with Gasteiger partial charge in [0, 0.05) is 6.20 Å². The molecule has 0 aromatic carbocycles. The molecule has 0 atom stereocenters. The van der Waals surface area contributed by atoms with E-state index in [4.69, 9.17) is 23.2 Å². The van der Waals surface area contributed by atoms with Gasteiger partial charge in [-0.15, -0.1) is 0 Å². The lowest BCUT2D eigenvalue weighted by Gasteiger charge is -1.95. The minimum atomic E-state index is -0.508. The maximum atomic E-state index is 5.51. The van der Waals surface area contributed by atoms with Gasteiger partial charge in [0.15, 0.2) is 0 Å². The Hall–Kier alpha value is -0.270. The summed E-state index contributed by atoms with van der Waals surface area (Å²) in [6.45, 7) is 0. The number of alkyl halides is 2. The van der Waals surface area contributed by atoms with Gasteiger partial charge in [0.25, 0.3) is 0 Å². The first-order valence-electron chi connectivity index (χ1n) is 2.50. The summed E-state index contributed by atoms with van der Waals surface area (Å²) in [6.07, 6.45) is 1.66. The van der Waals surface area contributed by atoms with Gasteiger partial charge in [-0.05, 0) is 12.1 Å². The molecule has 1 rings (SSSR count). The van der Waals surface area contributed by atoms with Crippen LogP contribution in [-0.4, -0.2) is 4.98 Å². The highest BCUT2D eigenvalue weighted by atomic mass is 35.5. The van der Waals surface area contributed by atoms with E-state index in [0.29, 0.717) is 5.69 Å². The van der Waals surface area contributed by atoms with Gasteiger partial charge in [-0.2, -0.15) is 0 Å². The molecule has 0 saturated heterocycles. The highest BCUT2D eigenvalue weighted by molar-refractivity contribution is 6.43. The van der Waals surface area contributed by atoms with Crippen LogP contribution >= 0.6 is 23.2 Å². The maximum Gasteiger partial charge on any atom is 0.149 e. The van der Waals surface area contributed by atoms with Crippen molar-refractivity contribution in [2.75, 3.05) is 0 Å². The summed E-state index contributed by atoms with van der Waals surface area (Å²) in [6, 6.07) is 5.45. The second kappa shape index (κ2) is 3.04. The van der Waals surface area contributed by atoms with Crippen LogP contribution in [0.2, 0.25) is 0 Å². The molecule has 0 bridgehead atoms. The second-order valence-corrected chi connectivity index (χ2v) is 2.65. The predicted octanol–water partition coefficient (Wildman–Crippen LogP) is 2.56. The average molecular weight is 162 g/mol. The lowest BCUT2D eigenvalue weighted by Crippen LogP contribution is -1.83. The van der Waals surface area contributed by atoms with Gasteiger partial charge in [0.05, 0.1) is 5.69 Å². The predicted molar refractivity (Wildman–Crippen MR) is 38.7 cm³/mol. The summed E-state index contributed by atoms with van der Waals surface area (Å²) in [5.74, 6) is 0. The Balaban J connectivity index is 2.85. The molecule has 0 N–H and O–H groups in total. The van der Waals surface area contributed by atoms with E-state index in [0.717, 1.165) is 0 Å². The van der Waals surface area contributed by atoms with Gasteiger partial charge in [-0.1, -0.05) is 29.3 Å².